The molecule has 336 valence electrons. The SMILES string of the molecule is CCCCP(CCCC)CCCC.CCCCP(CCCC)CCCC.[C-]#Cc1ccc(-c2ccc(-c3cccs3)c3nsnc23)s1.[C-]#Cc1ccc(/C=C(\C#N)C(=O)O)s1.[Pt+2]. The zero-order chi connectivity index (χ0) is 44.7. The zero-order valence-corrected chi connectivity index (χ0v) is 44.9. The maximum absolute atomic E-state index is 10.5. The first kappa shape index (κ1) is 57.5. The van der Waals surface area contributed by atoms with E-state index in [1.807, 2.05) is 18.2 Å². The molecule has 5 aromatic rings. The third kappa shape index (κ3) is 21.9. The van der Waals surface area contributed by atoms with Gasteiger partial charge in [-0.15, -0.1) is 39.3 Å². The van der Waals surface area contributed by atoms with E-state index in [0.29, 0.717) is 25.6 Å². The number of carboxylic acids is 1. The van der Waals surface area contributed by atoms with Gasteiger partial charge in [0.25, 0.3) is 0 Å². The van der Waals surface area contributed by atoms with Gasteiger partial charge in [0.15, 0.2) is 0 Å². The Hall–Kier alpha value is -2.49. The van der Waals surface area contributed by atoms with Gasteiger partial charge in [0.05, 0.1) is 11.7 Å². The van der Waals surface area contributed by atoms with Crippen molar-refractivity contribution in [1.29, 1.82) is 5.26 Å². The number of carbonyl (C=O) groups is 1. The van der Waals surface area contributed by atoms with E-state index < -0.39 is 5.97 Å². The van der Waals surface area contributed by atoms with Gasteiger partial charge in [-0.25, -0.2) is 27.5 Å². The molecule has 0 unspecified atom stereocenters. The number of unbranched alkanes of at least 4 members (excludes halogenated alkanes) is 6. The minimum atomic E-state index is -1.25. The van der Waals surface area contributed by atoms with E-state index in [0.717, 1.165) is 31.9 Å². The second-order valence-corrected chi connectivity index (χ2v) is 23.5. The van der Waals surface area contributed by atoms with Crippen molar-refractivity contribution in [1.82, 2.24) is 8.75 Å². The molecule has 5 rings (SSSR count). The molecule has 62 heavy (non-hydrogen) atoms. The maximum Gasteiger partial charge on any atom is 2.00 e. The van der Waals surface area contributed by atoms with Crippen LogP contribution in [0.4, 0.5) is 0 Å². The molecular formula is C50H65N3O2P2PtS4. The van der Waals surface area contributed by atoms with Gasteiger partial charge < -0.3 is 18.0 Å². The minimum absolute atomic E-state index is 0. The van der Waals surface area contributed by atoms with Gasteiger partial charge in [0, 0.05) is 25.8 Å². The fourth-order valence-electron chi connectivity index (χ4n) is 5.99. The fourth-order valence-corrected chi connectivity index (χ4v) is 14.8. The van der Waals surface area contributed by atoms with Crippen molar-refractivity contribution < 1.29 is 31.0 Å². The standard InChI is InChI=1S/C16H7N2S3.2C12H27P.C10H4NO2S.Pt/c1-2-10-5-8-14(20-10)12-7-6-11(13-4-3-9-19-13)15-16(12)18-21-17-15;2*1-4-7-10-13(11-8-5-2)12-9-6-3;1-2-8-3-4-9(14-8)5-7(6-11)10(12)13;/h3-9H;2*4-12H2,1-3H3;3-5H,(H,12,13);/q-1;;;-1;+2/b;;;7-5+;. The molecule has 0 saturated carbocycles. The van der Waals surface area contributed by atoms with Crippen molar-refractivity contribution in [3.05, 3.63) is 87.0 Å². The van der Waals surface area contributed by atoms with Crippen LogP contribution in [0, 0.1) is 36.0 Å². The molecule has 0 spiro atoms. The number of carboxylic acid groups (broad SMARTS) is 1. The van der Waals surface area contributed by atoms with Gasteiger partial charge >= 0.3 is 27.0 Å². The molecule has 5 nitrogen and oxygen atoms in total. The van der Waals surface area contributed by atoms with Crippen molar-refractivity contribution in [2.75, 3.05) is 37.0 Å². The monoisotopic (exact) mass is 1120 g/mol. The summed E-state index contributed by atoms with van der Waals surface area (Å²) < 4.78 is 8.95. The van der Waals surface area contributed by atoms with Crippen LogP contribution in [0.15, 0.2) is 59.5 Å². The van der Waals surface area contributed by atoms with Gasteiger partial charge in [-0.1, -0.05) is 120 Å². The number of nitriles is 1. The molecule has 1 N–H and O–H groups in total. The summed E-state index contributed by atoms with van der Waals surface area (Å²) in [5.74, 6) is 3.36. The van der Waals surface area contributed by atoms with E-state index in [9.17, 15) is 4.79 Å². The number of thiophene rings is 3. The Bertz CT molecular complexity index is 2040. The number of nitrogens with zero attached hydrogens (tertiary/aromatic N) is 3. The molecule has 0 bridgehead atoms. The Labute approximate surface area is 407 Å². The predicted octanol–water partition coefficient (Wildman–Crippen LogP) is 16.5. The van der Waals surface area contributed by atoms with Crippen LogP contribution in [0.3, 0.4) is 0 Å². The van der Waals surface area contributed by atoms with Gasteiger partial charge in [0.1, 0.15) is 22.7 Å². The molecule has 0 atom stereocenters. The second kappa shape index (κ2) is 35.8. The van der Waals surface area contributed by atoms with E-state index in [1.54, 1.807) is 77.8 Å². The van der Waals surface area contributed by atoms with Crippen LogP contribution in [0.5, 0.6) is 0 Å². The van der Waals surface area contributed by atoms with E-state index >= 15 is 0 Å². The Morgan fingerprint density at radius 2 is 1.10 bits per heavy atom. The first-order chi connectivity index (χ1) is 29.7. The van der Waals surface area contributed by atoms with E-state index in [4.69, 9.17) is 23.2 Å². The van der Waals surface area contributed by atoms with Crippen LogP contribution >= 0.6 is 61.6 Å². The summed E-state index contributed by atoms with van der Waals surface area (Å²) in [5.41, 5.74) is 3.78. The Morgan fingerprint density at radius 3 is 1.45 bits per heavy atom. The van der Waals surface area contributed by atoms with Crippen LogP contribution in [0.2, 0.25) is 0 Å². The summed E-state index contributed by atoms with van der Waals surface area (Å²) in [5, 5.41) is 19.1. The summed E-state index contributed by atoms with van der Waals surface area (Å²) in [7, 11) is 0.843. The molecule has 0 radical (unpaired) electrons. The normalized spacial score (nSPS) is 10.6. The van der Waals surface area contributed by atoms with E-state index in [1.165, 1.54) is 111 Å². The molecule has 12 heteroatoms. The molecule has 0 aliphatic carbocycles. The third-order valence-electron chi connectivity index (χ3n) is 9.55. The number of aromatic nitrogens is 2. The van der Waals surface area contributed by atoms with Crippen LogP contribution in [0.1, 0.15) is 133 Å². The minimum Gasteiger partial charge on any atom is -0.477 e. The smallest absolute Gasteiger partial charge is 0.477 e. The summed E-state index contributed by atoms with van der Waals surface area (Å²) >= 11 is 5.70. The van der Waals surface area contributed by atoms with Crippen molar-refractivity contribution >= 4 is 84.7 Å². The Balaban J connectivity index is 0.000000424. The molecular weight excluding hydrogens is 1060 g/mol. The Morgan fingerprint density at radius 1 is 0.661 bits per heavy atom. The number of fused-ring (bicyclic) bond motifs is 1. The summed E-state index contributed by atoms with van der Waals surface area (Å²) in [6.07, 6.45) is 41.7. The van der Waals surface area contributed by atoms with E-state index in [2.05, 4.69) is 85.7 Å². The molecule has 1 aromatic carbocycles. The summed E-state index contributed by atoms with van der Waals surface area (Å²) in [4.78, 5) is 14.8. The summed E-state index contributed by atoms with van der Waals surface area (Å²) in [6, 6.07) is 17.1. The number of benzene rings is 1. The van der Waals surface area contributed by atoms with Gasteiger partial charge in [0.2, 0.25) is 0 Å². The van der Waals surface area contributed by atoms with Crippen molar-refractivity contribution in [3.63, 3.8) is 0 Å². The molecule has 0 aliphatic heterocycles. The topological polar surface area (TPSA) is 86.9 Å². The second-order valence-electron chi connectivity index (χ2n) is 14.5. The maximum atomic E-state index is 10.5. The quantitative estimate of drug-likeness (QED) is 0.0245. The van der Waals surface area contributed by atoms with Crippen LogP contribution in [-0.4, -0.2) is 56.8 Å². The summed E-state index contributed by atoms with van der Waals surface area (Å²) in [6.45, 7) is 13.9. The van der Waals surface area contributed by atoms with Crippen molar-refractivity contribution in [2.24, 2.45) is 0 Å². The van der Waals surface area contributed by atoms with Crippen LogP contribution < -0.4 is 0 Å². The first-order valence-corrected chi connectivity index (χ1v) is 28.9. The first-order valence-electron chi connectivity index (χ1n) is 21.9. The van der Waals surface area contributed by atoms with Gasteiger partial charge in [-0.3, -0.25) is 11.8 Å². The fraction of sp³-hybridized carbons (Fsp3) is 0.480. The zero-order valence-electron chi connectivity index (χ0n) is 37.5. The number of hydrogen-bond donors (Lipinski definition) is 1. The molecule has 4 heterocycles. The average Bonchev–Trinajstić information content (AvgIpc) is 4.14. The molecule has 4 aromatic heterocycles. The average molecular weight is 1130 g/mol. The van der Waals surface area contributed by atoms with Crippen LogP contribution in [-0.2, 0) is 25.9 Å². The molecule has 0 saturated heterocycles. The van der Waals surface area contributed by atoms with Crippen molar-refractivity contribution in [2.45, 2.75) is 119 Å². The third-order valence-corrected chi connectivity index (χ3v) is 18.7. The van der Waals surface area contributed by atoms with Gasteiger partial charge in [-0.2, -0.15) is 14.0 Å². The van der Waals surface area contributed by atoms with Crippen molar-refractivity contribution in [3.8, 4) is 38.8 Å². The van der Waals surface area contributed by atoms with Crippen LogP contribution in [0.25, 0.3) is 38.0 Å². The largest absolute Gasteiger partial charge is 2.00 e. The number of hydrogen-bond acceptors (Lipinski definition) is 8. The molecule has 0 aliphatic rings. The predicted molar refractivity (Wildman–Crippen MR) is 275 cm³/mol. The Kier molecular flexibility index (Phi) is 33.2. The number of rotatable bonds is 22. The molecule has 0 fully saturated rings. The van der Waals surface area contributed by atoms with E-state index in [-0.39, 0.29) is 26.6 Å². The molecule has 0 amide bonds. The number of aliphatic carboxylic acids is 1. The van der Waals surface area contributed by atoms with Gasteiger partial charge in [-0.05, 0) is 93.0 Å².